The Balaban J connectivity index is 1.58. The maximum Gasteiger partial charge on any atom is 0.229 e. The molecule has 2 aromatic rings. The van der Waals surface area contributed by atoms with Crippen LogP contribution in [0.4, 0.5) is 5.69 Å². The van der Waals surface area contributed by atoms with Crippen molar-refractivity contribution in [2.24, 2.45) is 0 Å². The highest BCUT2D eigenvalue weighted by Crippen LogP contribution is 2.36. The molecule has 6 heteroatoms. The molecule has 0 heterocycles. The summed E-state index contributed by atoms with van der Waals surface area (Å²) in [7, 11) is -1.54. The second kappa shape index (κ2) is 8.31. The lowest BCUT2D eigenvalue weighted by Gasteiger charge is -2.20. The van der Waals surface area contributed by atoms with Gasteiger partial charge in [-0.25, -0.2) is 8.42 Å². The summed E-state index contributed by atoms with van der Waals surface area (Å²) in [5.74, 6) is 1.39. The molecular weight excluding hydrogens is 360 g/mol. The second-order valence-corrected chi connectivity index (χ2v) is 9.12. The van der Waals surface area contributed by atoms with E-state index in [-0.39, 0.29) is 6.04 Å². The van der Waals surface area contributed by atoms with Gasteiger partial charge in [-0.1, -0.05) is 24.3 Å². The molecule has 0 aromatic heterocycles. The SMILES string of the molecule is COc1cccc([C@@H](C)NC2CCC(c3ccc(NS(C)(=O)=O)cc3)C2)c1. The first kappa shape index (κ1) is 19.7. The third-order valence-electron chi connectivity index (χ3n) is 5.20. The Bertz CT molecular complexity index is 865. The van der Waals surface area contributed by atoms with Gasteiger partial charge in [-0.05, 0) is 67.5 Å². The Morgan fingerprint density at radius 1 is 1.11 bits per heavy atom. The predicted octanol–water partition coefficient (Wildman–Crippen LogP) is 4.05. The fourth-order valence-electron chi connectivity index (χ4n) is 3.83. The smallest absolute Gasteiger partial charge is 0.229 e. The van der Waals surface area contributed by atoms with Gasteiger partial charge < -0.3 is 10.1 Å². The average Bonchev–Trinajstić information content (AvgIpc) is 3.09. The van der Waals surface area contributed by atoms with Crippen molar-refractivity contribution in [1.29, 1.82) is 0 Å². The van der Waals surface area contributed by atoms with Crippen LogP contribution in [0.1, 0.15) is 49.3 Å². The van der Waals surface area contributed by atoms with Gasteiger partial charge in [0.1, 0.15) is 5.75 Å². The Labute approximate surface area is 162 Å². The van der Waals surface area contributed by atoms with Crippen LogP contribution in [0, 0.1) is 0 Å². The van der Waals surface area contributed by atoms with Gasteiger partial charge in [0, 0.05) is 17.8 Å². The molecule has 0 bridgehead atoms. The molecule has 0 aliphatic heterocycles. The van der Waals surface area contributed by atoms with Gasteiger partial charge in [-0.3, -0.25) is 4.72 Å². The molecule has 2 unspecified atom stereocenters. The number of nitrogens with one attached hydrogen (secondary N) is 2. The van der Waals surface area contributed by atoms with Gasteiger partial charge in [0.05, 0.1) is 13.4 Å². The van der Waals surface area contributed by atoms with Crippen LogP contribution in [0.3, 0.4) is 0 Å². The quantitative estimate of drug-likeness (QED) is 0.751. The summed E-state index contributed by atoms with van der Waals surface area (Å²) in [5, 5.41) is 3.74. The van der Waals surface area contributed by atoms with Crippen LogP contribution in [-0.4, -0.2) is 27.8 Å². The minimum Gasteiger partial charge on any atom is -0.497 e. The highest BCUT2D eigenvalue weighted by molar-refractivity contribution is 7.92. The summed E-state index contributed by atoms with van der Waals surface area (Å²) in [6.45, 7) is 2.19. The van der Waals surface area contributed by atoms with Gasteiger partial charge >= 0.3 is 0 Å². The molecule has 1 aliphatic rings. The van der Waals surface area contributed by atoms with Crippen molar-refractivity contribution < 1.29 is 13.2 Å². The molecule has 0 radical (unpaired) electrons. The van der Waals surface area contributed by atoms with Crippen LogP contribution < -0.4 is 14.8 Å². The van der Waals surface area contributed by atoms with Crippen molar-refractivity contribution in [2.75, 3.05) is 18.1 Å². The first-order valence-corrected chi connectivity index (χ1v) is 11.2. The molecule has 1 saturated carbocycles. The highest BCUT2D eigenvalue weighted by atomic mass is 32.2. The largest absolute Gasteiger partial charge is 0.497 e. The van der Waals surface area contributed by atoms with E-state index >= 15 is 0 Å². The Kier molecular flexibility index (Phi) is 6.07. The van der Waals surface area contributed by atoms with Crippen LogP contribution in [0.25, 0.3) is 0 Å². The number of sulfonamides is 1. The molecule has 5 nitrogen and oxygen atoms in total. The van der Waals surface area contributed by atoms with E-state index in [1.807, 2.05) is 36.4 Å². The number of hydrogen-bond acceptors (Lipinski definition) is 4. The summed E-state index contributed by atoms with van der Waals surface area (Å²) in [5.41, 5.74) is 3.11. The fraction of sp³-hybridized carbons (Fsp3) is 0.429. The first-order chi connectivity index (χ1) is 12.8. The molecule has 146 valence electrons. The van der Waals surface area contributed by atoms with Gasteiger partial charge in [0.25, 0.3) is 0 Å². The lowest BCUT2D eigenvalue weighted by atomic mass is 9.97. The lowest BCUT2D eigenvalue weighted by molar-refractivity contribution is 0.411. The molecule has 2 N–H and O–H groups in total. The van der Waals surface area contributed by atoms with Gasteiger partial charge in [-0.2, -0.15) is 0 Å². The maximum absolute atomic E-state index is 11.3. The number of rotatable bonds is 7. The topological polar surface area (TPSA) is 67.4 Å². The second-order valence-electron chi connectivity index (χ2n) is 7.37. The molecule has 1 fully saturated rings. The lowest BCUT2D eigenvalue weighted by Crippen LogP contribution is -2.29. The van der Waals surface area contributed by atoms with Gasteiger partial charge in [0.2, 0.25) is 10.0 Å². The van der Waals surface area contributed by atoms with E-state index < -0.39 is 10.0 Å². The van der Waals surface area contributed by atoms with Crippen molar-refractivity contribution in [3.8, 4) is 5.75 Å². The molecule has 2 aromatic carbocycles. The van der Waals surface area contributed by atoms with E-state index in [2.05, 4.69) is 29.1 Å². The van der Waals surface area contributed by atoms with E-state index in [0.717, 1.165) is 31.3 Å². The summed E-state index contributed by atoms with van der Waals surface area (Å²) in [6, 6.07) is 16.7. The van der Waals surface area contributed by atoms with Crippen LogP contribution in [-0.2, 0) is 10.0 Å². The van der Waals surface area contributed by atoms with Crippen LogP contribution in [0.15, 0.2) is 48.5 Å². The minimum absolute atomic E-state index is 0.269. The zero-order valence-corrected chi connectivity index (χ0v) is 16.9. The summed E-state index contributed by atoms with van der Waals surface area (Å²) < 4.78 is 30.5. The van der Waals surface area contributed by atoms with Crippen molar-refractivity contribution in [3.63, 3.8) is 0 Å². The molecule has 0 saturated heterocycles. The highest BCUT2D eigenvalue weighted by Gasteiger charge is 2.27. The molecule has 1 aliphatic carbocycles. The zero-order valence-electron chi connectivity index (χ0n) is 16.1. The van der Waals surface area contributed by atoms with Crippen molar-refractivity contribution in [3.05, 3.63) is 59.7 Å². The van der Waals surface area contributed by atoms with Crippen molar-refractivity contribution >= 4 is 15.7 Å². The van der Waals surface area contributed by atoms with E-state index in [1.54, 1.807) is 7.11 Å². The zero-order chi connectivity index (χ0) is 19.4. The predicted molar refractivity (Wildman–Crippen MR) is 110 cm³/mol. The minimum atomic E-state index is -3.23. The van der Waals surface area contributed by atoms with E-state index in [9.17, 15) is 8.42 Å². The molecule has 27 heavy (non-hydrogen) atoms. The molecule has 3 atom stereocenters. The Morgan fingerprint density at radius 2 is 1.85 bits per heavy atom. The Morgan fingerprint density at radius 3 is 2.52 bits per heavy atom. The maximum atomic E-state index is 11.3. The van der Waals surface area contributed by atoms with E-state index in [4.69, 9.17) is 4.74 Å². The molecular formula is C21H28N2O3S. The number of hydrogen-bond donors (Lipinski definition) is 2. The summed E-state index contributed by atoms with van der Waals surface area (Å²) in [4.78, 5) is 0. The van der Waals surface area contributed by atoms with Crippen LogP contribution in [0.2, 0.25) is 0 Å². The van der Waals surface area contributed by atoms with Crippen molar-refractivity contribution in [1.82, 2.24) is 5.32 Å². The third kappa shape index (κ3) is 5.47. The number of anilines is 1. The van der Waals surface area contributed by atoms with Gasteiger partial charge in [0.15, 0.2) is 0 Å². The Hall–Kier alpha value is -2.05. The molecule has 0 amide bonds. The van der Waals surface area contributed by atoms with Crippen molar-refractivity contribution in [2.45, 2.75) is 44.2 Å². The summed E-state index contributed by atoms with van der Waals surface area (Å²) in [6.07, 6.45) is 4.54. The summed E-state index contributed by atoms with van der Waals surface area (Å²) >= 11 is 0. The third-order valence-corrected chi connectivity index (χ3v) is 5.80. The molecule has 0 spiro atoms. The monoisotopic (exact) mass is 388 g/mol. The number of ether oxygens (including phenoxy) is 1. The standard InChI is InChI=1S/C21H28N2O3S/c1-15(17-5-4-6-21(14-17)26-2)22-20-12-9-18(13-20)16-7-10-19(11-8-16)23-27(3,24)25/h4-8,10-11,14-15,18,20,22-23H,9,12-13H2,1-3H3/t15-,18?,20?/m1/s1. The fourth-order valence-corrected chi connectivity index (χ4v) is 4.40. The van der Waals surface area contributed by atoms with E-state index in [0.29, 0.717) is 17.6 Å². The number of methoxy groups -OCH3 is 1. The molecule has 3 rings (SSSR count). The van der Waals surface area contributed by atoms with Gasteiger partial charge in [-0.15, -0.1) is 0 Å². The van der Waals surface area contributed by atoms with Crippen LogP contribution >= 0.6 is 0 Å². The number of benzene rings is 2. The normalized spacial score (nSPS) is 21.0. The average molecular weight is 389 g/mol. The van der Waals surface area contributed by atoms with E-state index in [1.165, 1.54) is 11.1 Å². The van der Waals surface area contributed by atoms with Crippen LogP contribution in [0.5, 0.6) is 5.75 Å². The first-order valence-electron chi connectivity index (χ1n) is 9.32.